The van der Waals surface area contributed by atoms with Crippen LogP contribution in [-0.2, 0) is 9.63 Å². The molecule has 0 saturated carbocycles. The van der Waals surface area contributed by atoms with Gasteiger partial charge in [0, 0.05) is 11.8 Å². The van der Waals surface area contributed by atoms with Crippen LogP contribution in [0.1, 0.15) is 13.8 Å². The van der Waals surface area contributed by atoms with E-state index in [1.165, 1.54) is 5.06 Å². The highest BCUT2D eigenvalue weighted by molar-refractivity contribution is 6.22. The molecule has 4 nitrogen and oxygen atoms in total. The number of carbonyl (C=O) groups excluding carboxylic acids is 1. The van der Waals surface area contributed by atoms with Gasteiger partial charge in [-0.25, -0.2) is 5.06 Å². The Bertz CT molecular complexity index is 299. The summed E-state index contributed by atoms with van der Waals surface area (Å²) < 4.78 is 0. The van der Waals surface area contributed by atoms with Crippen LogP contribution in [0.2, 0.25) is 0 Å². The number of hydroxylamine groups is 2. The molecular weight excluding hydrogens is 204 g/mol. The molecule has 2 N–H and O–H groups in total. The molecule has 0 aromatic heterocycles. The SMILES string of the molecule is CCON1C=CC(C(N)=O)=C(C)C1Cl. The van der Waals surface area contributed by atoms with Crippen LogP contribution >= 0.6 is 11.6 Å². The van der Waals surface area contributed by atoms with Crippen molar-refractivity contribution in [2.45, 2.75) is 19.3 Å². The summed E-state index contributed by atoms with van der Waals surface area (Å²) in [5, 5.41) is 1.49. The summed E-state index contributed by atoms with van der Waals surface area (Å²) in [6.07, 6.45) is 3.21. The van der Waals surface area contributed by atoms with Crippen LogP contribution in [0.15, 0.2) is 23.4 Å². The molecule has 1 atom stereocenters. The molecule has 0 aromatic rings. The van der Waals surface area contributed by atoms with E-state index < -0.39 is 11.4 Å². The minimum Gasteiger partial charge on any atom is -0.366 e. The summed E-state index contributed by atoms with van der Waals surface area (Å²) in [5.41, 5.74) is 5.85. The van der Waals surface area contributed by atoms with Crippen LogP contribution in [0, 0.1) is 0 Å². The Labute approximate surface area is 87.9 Å². The number of carbonyl (C=O) groups is 1. The lowest BCUT2D eigenvalue weighted by Gasteiger charge is -2.28. The van der Waals surface area contributed by atoms with Gasteiger partial charge in [0.2, 0.25) is 5.91 Å². The van der Waals surface area contributed by atoms with E-state index in [1.54, 1.807) is 19.2 Å². The van der Waals surface area contributed by atoms with Gasteiger partial charge < -0.3 is 5.73 Å². The Morgan fingerprint density at radius 3 is 2.93 bits per heavy atom. The van der Waals surface area contributed by atoms with Crippen LogP contribution in [-0.4, -0.2) is 23.1 Å². The van der Waals surface area contributed by atoms with E-state index in [9.17, 15) is 4.79 Å². The average molecular weight is 217 g/mol. The van der Waals surface area contributed by atoms with Gasteiger partial charge in [-0.1, -0.05) is 11.6 Å². The minimum atomic E-state index is -0.472. The van der Waals surface area contributed by atoms with E-state index in [2.05, 4.69) is 0 Å². The first-order chi connectivity index (χ1) is 6.57. The van der Waals surface area contributed by atoms with E-state index in [1.807, 2.05) is 6.92 Å². The van der Waals surface area contributed by atoms with E-state index in [0.29, 0.717) is 17.8 Å². The normalized spacial score (nSPS) is 21.6. The zero-order valence-corrected chi connectivity index (χ0v) is 8.91. The van der Waals surface area contributed by atoms with E-state index in [4.69, 9.17) is 22.2 Å². The van der Waals surface area contributed by atoms with Crippen molar-refractivity contribution >= 4 is 17.5 Å². The second-order valence-electron chi connectivity index (χ2n) is 2.89. The van der Waals surface area contributed by atoms with Crippen molar-refractivity contribution < 1.29 is 9.63 Å². The third-order valence-corrected chi connectivity index (χ3v) is 2.46. The van der Waals surface area contributed by atoms with Gasteiger partial charge in [0.25, 0.3) is 0 Å². The number of primary amides is 1. The fourth-order valence-corrected chi connectivity index (χ4v) is 1.45. The number of amides is 1. The summed E-state index contributed by atoms with van der Waals surface area (Å²) in [4.78, 5) is 16.2. The summed E-state index contributed by atoms with van der Waals surface area (Å²) in [7, 11) is 0. The molecule has 0 aliphatic carbocycles. The Hall–Kier alpha value is -1.00. The van der Waals surface area contributed by atoms with E-state index in [-0.39, 0.29) is 0 Å². The number of hydrogen-bond donors (Lipinski definition) is 1. The summed E-state index contributed by atoms with van der Waals surface area (Å²) in [6.45, 7) is 4.14. The molecule has 1 unspecified atom stereocenters. The molecule has 0 fully saturated rings. The highest BCUT2D eigenvalue weighted by atomic mass is 35.5. The van der Waals surface area contributed by atoms with Crippen LogP contribution in [0.25, 0.3) is 0 Å². The molecule has 0 spiro atoms. The number of hydrogen-bond acceptors (Lipinski definition) is 3. The third kappa shape index (κ3) is 2.08. The molecule has 1 aliphatic rings. The van der Waals surface area contributed by atoms with Gasteiger partial charge in [-0.05, 0) is 25.5 Å². The van der Waals surface area contributed by atoms with Crippen molar-refractivity contribution in [1.82, 2.24) is 5.06 Å². The molecule has 0 aromatic carbocycles. The topological polar surface area (TPSA) is 55.6 Å². The molecule has 1 amide bonds. The Balaban J connectivity index is 2.87. The second-order valence-corrected chi connectivity index (χ2v) is 3.30. The van der Waals surface area contributed by atoms with E-state index in [0.717, 1.165) is 0 Å². The van der Waals surface area contributed by atoms with Crippen molar-refractivity contribution in [2.24, 2.45) is 5.73 Å². The number of nitrogens with two attached hydrogens (primary N) is 1. The molecule has 0 radical (unpaired) electrons. The molecule has 0 bridgehead atoms. The summed E-state index contributed by atoms with van der Waals surface area (Å²) >= 11 is 6.03. The van der Waals surface area contributed by atoms with Crippen molar-refractivity contribution in [1.29, 1.82) is 0 Å². The molecule has 1 rings (SSSR count). The van der Waals surface area contributed by atoms with Gasteiger partial charge in [0.05, 0.1) is 6.61 Å². The Morgan fingerprint density at radius 1 is 1.79 bits per heavy atom. The molecule has 78 valence electrons. The second kappa shape index (κ2) is 4.48. The molecule has 0 saturated heterocycles. The lowest BCUT2D eigenvalue weighted by atomic mass is 10.1. The fourth-order valence-electron chi connectivity index (χ4n) is 1.21. The number of rotatable bonds is 3. The average Bonchev–Trinajstić information content (AvgIpc) is 2.13. The van der Waals surface area contributed by atoms with Gasteiger partial charge in [-0.3, -0.25) is 9.63 Å². The van der Waals surface area contributed by atoms with E-state index >= 15 is 0 Å². The first kappa shape index (κ1) is 11.1. The highest BCUT2D eigenvalue weighted by Crippen LogP contribution is 2.24. The van der Waals surface area contributed by atoms with Crippen LogP contribution in [0.4, 0.5) is 0 Å². The lowest BCUT2D eigenvalue weighted by Crippen LogP contribution is -2.32. The van der Waals surface area contributed by atoms with Crippen LogP contribution in [0.3, 0.4) is 0 Å². The fraction of sp³-hybridized carbons (Fsp3) is 0.444. The van der Waals surface area contributed by atoms with Crippen molar-refractivity contribution in [2.75, 3.05) is 6.61 Å². The van der Waals surface area contributed by atoms with Gasteiger partial charge in [-0.2, -0.15) is 0 Å². The first-order valence-corrected chi connectivity index (χ1v) is 4.75. The maximum absolute atomic E-state index is 11.0. The largest absolute Gasteiger partial charge is 0.366 e. The molecule has 1 heterocycles. The molecule has 1 aliphatic heterocycles. The first-order valence-electron chi connectivity index (χ1n) is 4.32. The minimum absolute atomic E-state index is 0.445. The van der Waals surface area contributed by atoms with Crippen LogP contribution in [0.5, 0.6) is 0 Å². The number of nitrogens with zero attached hydrogens (tertiary/aromatic N) is 1. The van der Waals surface area contributed by atoms with Crippen molar-refractivity contribution in [3.8, 4) is 0 Å². The van der Waals surface area contributed by atoms with Crippen molar-refractivity contribution in [3.05, 3.63) is 23.4 Å². The molecule has 5 heteroatoms. The van der Waals surface area contributed by atoms with Gasteiger partial charge >= 0.3 is 0 Å². The maximum Gasteiger partial charge on any atom is 0.248 e. The quantitative estimate of drug-likeness (QED) is 0.569. The highest BCUT2D eigenvalue weighted by Gasteiger charge is 2.23. The monoisotopic (exact) mass is 216 g/mol. The molecule has 14 heavy (non-hydrogen) atoms. The van der Waals surface area contributed by atoms with Gasteiger partial charge in [0.15, 0.2) is 5.50 Å². The number of alkyl halides is 1. The van der Waals surface area contributed by atoms with Crippen molar-refractivity contribution in [3.63, 3.8) is 0 Å². The predicted octanol–water partition coefficient (Wildman–Crippen LogP) is 1.13. The standard InChI is InChI=1S/C9H13ClN2O2/c1-3-14-12-5-4-7(9(11)13)6(2)8(12)10/h4-5,8H,3H2,1-2H3,(H2,11,13). The Morgan fingerprint density at radius 2 is 2.43 bits per heavy atom. The zero-order chi connectivity index (χ0) is 10.7. The Kier molecular flexibility index (Phi) is 3.55. The summed E-state index contributed by atoms with van der Waals surface area (Å²) in [6, 6.07) is 0. The van der Waals surface area contributed by atoms with Crippen LogP contribution < -0.4 is 5.73 Å². The third-order valence-electron chi connectivity index (χ3n) is 1.94. The smallest absolute Gasteiger partial charge is 0.248 e. The summed E-state index contributed by atoms with van der Waals surface area (Å²) in [5.74, 6) is -0.472. The molecular formula is C9H13ClN2O2. The lowest BCUT2D eigenvalue weighted by molar-refractivity contribution is -0.121. The van der Waals surface area contributed by atoms with Gasteiger partial charge in [-0.15, -0.1) is 0 Å². The zero-order valence-electron chi connectivity index (χ0n) is 8.16. The maximum atomic E-state index is 11.0. The predicted molar refractivity (Wildman–Crippen MR) is 54.1 cm³/mol. The number of halogens is 1. The van der Waals surface area contributed by atoms with Gasteiger partial charge in [0.1, 0.15) is 0 Å².